The van der Waals surface area contributed by atoms with Crippen molar-refractivity contribution in [3.8, 4) is 11.5 Å². The molecule has 0 fully saturated rings. The zero-order valence-corrected chi connectivity index (χ0v) is 12.0. The van der Waals surface area contributed by atoms with E-state index in [1.807, 2.05) is 6.92 Å². The van der Waals surface area contributed by atoms with Crippen molar-refractivity contribution in [2.24, 2.45) is 5.73 Å². The Morgan fingerprint density at radius 1 is 1.43 bits per heavy atom. The van der Waals surface area contributed by atoms with E-state index in [1.165, 1.54) is 19.2 Å². The van der Waals surface area contributed by atoms with Gasteiger partial charge in [0.05, 0.1) is 31.1 Å². The fourth-order valence-electron chi connectivity index (χ4n) is 1.74. The maximum absolute atomic E-state index is 11.3. The van der Waals surface area contributed by atoms with E-state index in [2.05, 4.69) is 5.32 Å². The average molecular weight is 297 g/mol. The Hall–Kier alpha value is -2.35. The third-order valence-electron chi connectivity index (χ3n) is 2.74. The molecule has 8 heteroatoms. The van der Waals surface area contributed by atoms with Gasteiger partial charge < -0.3 is 20.5 Å². The normalized spacial score (nSPS) is 10.0. The van der Waals surface area contributed by atoms with Gasteiger partial charge in [0.15, 0.2) is 11.5 Å². The lowest BCUT2D eigenvalue weighted by molar-refractivity contribution is -0.385. The molecule has 0 radical (unpaired) electrons. The van der Waals surface area contributed by atoms with Crippen LogP contribution >= 0.6 is 0 Å². The summed E-state index contributed by atoms with van der Waals surface area (Å²) in [5, 5.41) is 13.6. The van der Waals surface area contributed by atoms with Crippen LogP contribution < -0.4 is 20.5 Å². The molecule has 21 heavy (non-hydrogen) atoms. The van der Waals surface area contributed by atoms with Crippen LogP contribution in [0.3, 0.4) is 0 Å². The molecule has 0 bridgehead atoms. The molecule has 0 spiro atoms. The molecule has 1 aromatic carbocycles. The lowest BCUT2D eigenvalue weighted by atomic mass is 10.1. The first-order valence-corrected chi connectivity index (χ1v) is 6.48. The highest BCUT2D eigenvalue weighted by Gasteiger charge is 2.19. The summed E-state index contributed by atoms with van der Waals surface area (Å²) >= 11 is 0. The van der Waals surface area contributed by atoms with Crippen LogP contribution in [0.15, 0.2) is 12.1 Å². The van der Waals surface area contributed by atoms with Crippen LogP contribution in [0.2, 0.25) is 0 Å². The van der Waals surface area contributed by atoms with Crippen LogP contribution in [0.4, 0.5) is 5.69 Å². The Labute approximate surface area is 122 Å². The van der Waals surface area contributed by atoms with Crippen LogP contribution in [-0.4, -0.2) is 31.1 Å². The molecule has 3 N–H and O–H groups in total. The molecule has 1 rings (SSSR count). The Kier molecular flexibility index (Phi) is 6.41. The fourth-order valence-corrected chi connectivity index (χ4v) is 1.74. The summed E-state index contributed by atoms with van der Waals surface area (Å²) in [5.74, 6) is 0.409. The van der Waals surface area contributed by atoms with Crippen molar-refractivity contribution in [3.63, 3.8) is 0 Å². The summed E-state index contributed by atoms with van der Waals surface area (Å²) in [6.45, 7) is 2.47. The number of hydrogen-bond donors (Lipinski definition) is 2. The molecule has 116 valence electrons. The van der Waals surface area contributed by atoms with Gasteiger partial charge >= 0.3 is 0 Å². The van der Waals surface area contributed by atoms with Gasteiger partial charge in [-0.3, -0.25) is 14.9 Å². The standard InChI is InChI=1S/C13H19N3O5/c1-3-15-13(17)4-5-21-12-7-10(16(18)19)9(8-14)6-11(12)20-2/h6-7H,3-5,8,14H2,1-2H3,(H,15,17). The molecule has 0 saturated heterocycles. The van der Waals surface area contributed by atoms with E-state index in [9.17, 15) is 14.9 Å². The number of nitrogens with two attached hydrogens (primary N) is 1. The number of hydrogen-bond acceptors (Lipinski definition) is 6. The first kappa shape index (κ1) is 16.7. The Bertz CT molecular complexity index is 519. The van der Waals surface area contributed by atoms with E-state index < -0.39 is 4.92 Å². The molecule has 0 unspecified atom stereocenters. The Balaban J connectivity index is 2.87. The van der Waals surface area contributed by atoms with E-state index in [0.717, 1.165) is 0 Å². The molecule has 8 nitrogen and oxygen atoms in total. The number of carbonyl (C=O) groups excluding carboxylic acids is 1. The van der Waals surface area contributed by atoms with Crippen molar-refractivity contribution in [1.29, 1.82) is 0 Å². The van der Waals surface area contributed by atoms with Gasteiger partial charge in [-0.15, -0.1) is 0 Å². The van der Waals surface area contributed by atoms with Crippen LogP contribution in [0.1, 0.15) is 18.9 Å². The van der Waals surface area contributed by atoms with Gasteiger partial charge in [-0.05, 0) is 13.0 Å². The number of amides is 1. The van der Waals surface area contributed by atoms with Crippen molar-refractivity contribution < 1.29 is 19.2 Å². The lowest BCUT2D eigenvalue weighted by Gasteiger charge is -2.12. The van der Waals surface area contributed by atoms with E-state index in [0.29, 0.717) is 17.9 Å². The molecule has 1 amide bonds. The number of rotatable bonds is 8. The lowest BCUT2D eigenvalue weighted by Crippen LogP contribution is -2.24. The molecule has 1 aromatic rings. The number of nitrogens with one attached hydrogen (secondary N) is 1. The molecular weight excluding hydrogens is 278 g/mol. The van der Waals surface area contributed by atoms with Crippen molar-refractivity contribution in [2.45, 2.75) is 19.9 Å². The van der Waals surface area contributed by atoms with Gasteiger partial charge in [0, 0.05) is 18.7 Å². The van der Waals surface area contributed by atoms with Gasteiger partial charge in [0.2, 0.25) is 5.91 Å². The second-order valence-electron chi connectivity index (χ2n) is 4.14. The third-order valence-corrected chi connectivity index (χ3v) is 2.74. The highest BCUT2D eigenvalue weighted by atomic mass is 16.6. The van der Waals surface area contributed by atoms with Gasteiger partial charge in [-0.1, -0.05) is 0 Å². The van der Waals surface area contributed by atoms with Gasteiger partial charge in [-0.2, -0.15) is 0 Å². The average Bonchev–Trinajstić information content (AvgIpc) is 2.46. The van der Waals surface area contributed by atoms with Crippen molar-refractivity contribution in [1.82, 2.24) is 5.32 Å². The zero-order chi connectivity index (χ0) is 15.8. The summed E-state index contributed by atoms with van der Waals surface area (Å²) in [7, 11) is 1.43. The molecule has 0 atom stereocenters. The maximum Gasteiger partial charge on any atom is 0.277 e. The SMILES string of the molecule is CCNC(=O)CCOc1cc([N+](=O)[O-])c(CN)cc1OC. The van der Waals surface area contributed by atoms with E-state index in [4.69, 9.17) is 15.2 Å². The second kappa shape index (κ2) is 8.05. The summed E-state index contributed by atoms with van der Waals surface area (Å²) in [5.41, 5.74) is 5.70. The molecule has 0 saturated carbocycles. The summed E-state index contributed by atoms with van der Waals surface area (Å²) in [4.78, 5) is 21.8. The van der Waals surface area contributed by atoms with Crippen LogP contribution in [-0.2, 0) is 11.3 Å². The molecule has 0 aliphatic rings. The number of methoxy groups -OCH3 is 1. The van der Waals surface area contributed by atoms with Crippen molar-refractivity contribution >= 4 is 11.6 Å². The first-order valence-electron chi connectivity index (χ1n) is 6.48. The Morgan fingerprint density at radius 2 is 2.14 bits per heavy atom. The smallest absolute Gasteiger partial charge is 0.277 e. The van der Waals surface area contributed by atoms with E-state index >= 15 is 0 Å². The predicted octanol–water partition coefficient (Wildman–Crippen LogP) is 0.967. The minimum atomic E-state index is -0.529. The summed E-state index contributed by atoms with van der Waals surface area (Å²) in [6.07, 6.45) is 0.156. The van der Waals surface area contributed by atoms with Gasteiger partial charge in [0.1, 0.15) is 0 Å². The van der Waals surface area contributed by atoms with Crippen LogP contribution in [0, 0.1) is 10.1 Å². The molecule has 0 aliphatic carbocycles. The monoisotopic (exact) mass is 297 g/mol. The number of ether oxygens (including phenoxy) is 2. The minimum absolute atomic E-state index is 0.0197. The topological polar surface area (TPSA) is 117 Å². The van der Waals surface area contributed by atoms with E-state index in [-0.39, 0.29) is 36.9 Å². The number of carbonyl (C=O) groups is 1. The highest BCUT2D eigenvalue weighted by Crippen LogP contribution is 2.34. The van der Waals surface area contributed by atoms with Crippen LogP contribution in [0.5, 0.6) is 11.5 Å². The largest absolute Gasteiger partial charge is 0.493 e. The zero-order valence-electron chi connectivity index (χ0n) is 12.0. The van der Waals surface area contributed by atoms with Gasteiger partial charge in [0.25, 0.3) is 5.69 Å². The first-order chi connectivity index (χ1) is 10.0. The van der Waals surface area contributed by atoms with Gasteiger partial charge in [-0.25, -0.2) is 0 Å². The highest BCUT2D eigenvalue weighted by molar-refractivity contribution is 5.75. The predicted molar refractivity (Wildman–Crippen MR) is 76.3 cm³/mol. The fraction of sp³-hybridized carbons (Fsp3) is 0.462. The summed E-state index contributed by atoms with van der Waals surface area (Å²) in [6, 6.07) is 2.73. The Morgan fingerprint density at radius 3 is 2.67 bits per heavy atom. The summed E-state index contributed by atoms with van der Waals surface area (Å²) < 4.78 is 10.5. The number of benzene rings is 1. The van der Waals surface area contributed by atoms with Crippen molar-refractivity contribution in [3.05, 3.63) is 27.8 Å². The number of nitro benzene ring substituents is 1. The van der Waals surface area contributed by atoms with Crippen molar-refractivity contribution in [2.75, 3.05) is 20.3 Å². The molecule has 0 heterocycles. The van der Waals surface area contributed by atoms with Crippen LogP contribution in [0.25, 0.3) is 0 Å². The second-order valence-corrected chi connectivity index (χ2v) is 4.14. The number of nitro groups is 1. The quantitative estimate of drug-likeness (QED) is 0.545. The van der Waals surface area contributed by atoms with E-state index in [1.54, 1.807) is 0 Å². The molecule has 0 aliphatic heterocycles. The molecule has 0 aromatic heterocycles. The third kappa shape index (κ3) is 4.60. The molecular formula is C13H19N3O5. The number of nitrogens with zero attached hydrogens (tertiary/aromatic N) is 1. The minimum Gasteiger partial charge on any atom is -0.493 e. The maximum atomic E-state index is 11.3.